The van der Waals surface area contributed by atoms with Gasteiger partial charge >= 0.3 is 6.03 Å². The van der Waals surface area contributed by atoms with Crippen molar-refractivity contribution in [1.29, 1.82) is 0 Å². The summed E-state index contributed by atoms with van der Waals surface area (Å²) in [6.07, 6.45) is 1.85. The molecule has 0 radical (unpaired) electrons. The molecule has 1 aromatic carbocycles. The highest BCUT2D eigenvalue weighted by atomic mass is 16.5. The van der Waals surface area contributed by atoms with Crippen molar-refractivity contribution in [2.45, 2.75) is 20.8 Å². The van der Waals surface area contributed by atoms with E-state index in [1.807, 2.05) is 44.3 Å². The van der Waals surface area contributed by atoms with Crippen molar-refractivity contribution >= 4 is 17.5 Å². The standard InChI is InChI=1S/C21H28N4O2/c1-4-24(5-2)21(26)23-18-7-6-16(3)19(15-18)17-8-9-22-20(14-17)25-10-12-27-13-11-25/h6-9,14-15H,4-5,10-13H2,1-3H3,(H,23,26). The van der Waals surface area contributed by atoms with Crippen molar-refractivity contribution in [3.63, 3.8) is 0 Å². The number of carbonyl (C=O) groups excluding carboxylic acids is 1. The van der Waals surface area contributed by atoms with Crippen molar-refractivity contribution in [3.05, 3.63) is 42.1 Å². The SMILES string of the molecule is CCN(CC)C(=O)Nc1ccc(C)c(-c2ccnc(N3CCOCC3)c2)c1. The molecule has 27 heavy (non-hydrogen) atoms. The van der Waals surface area contributed by atoms with Crippen molar-refractivity contribution in [2.75, 3.05) is 49.6 Å². The van der Waals surface area contributed by atoms with Gasteiger partial charge in [0, 0.05) is 38.1 Å². The van der Waals surface area contributed by atoms with Crippen molar-refractivity contribution in [2.24, 2.45) is 0 Å². The Hall–Kier alpha value is -2.60. The number of nitrogens with one attached hydrogen (secondary N) is 1. The Balaban J connectivity index is 1.85. The predicted molar refractivity (Wildman–Crippen MR) is 109 cm³/mol. The lowest BCUT2D eigenvalue weighted by molar-refractivity contribution is 0.122. The van der Waals surface area contributed by atoms with Crippen LogP contribution in [0.5, 0.6) is 0 Å². The van der Waals surface area contributed by atoms with Gasteiger partial charge in [-0.05, 0) is 61.7 Å². The Morgan fingerprint density at radius 3 is 2.63 bits per heavy atom. The Kier molecular flexibility index (Phi) is 6.29. The normalized spacial score (nSPS) is 14.1. The van der Waals surface area contributed by atoms with Gasteiger partial charge in [0.15, 0.2) is 0 Å². The lowest BCUT2D eigenvalue weighted by atomic mass is 10.0. The summed E-state index contributed by atoms with van der Waals surface area (Å²) >= 11 is 0. The monoisotopic (exact) mass is 368 g/mol. The van der Waals surface area contributed by atoms with E-state index in [1.54, 1.807) is 4.90 Å². The minimum absolute atomic E-state index is 0.0708. The number of rotatable bonds is 5. The number of hydrogen-bond donors (Lipinski definition) is 1. The molecule has 144 valence electrons. The molecule has 2 aromatic rings. The van der Waals surface area contributed by atoms with Gasteiger partial charge < -0.3 is 19.9 Å². The number of pyridine rings is 1. The third-order valence-electron chi connectivity index (χ3n) is 4.93. The van der Waals surface area contributed by atoms with E-state index in [2.05, 4.69) is 28.2 Å². The first kappa shape index (κ1) is 19.2. The average molecular weight is 368 g/mol. The van der Waals surface area contributed by atoms with Crippen LogP contribution in [0.3, 0.4) is 0 Å². The number of anilines is 2. The van der Waals surface area contributed by atoms with Gasteiger partial charge in [-0.1, -0.05) is 6.07 Å². The quantitative estimate of drug-likeness (QED) is 0.873. The molecule has 1 aliphatic heterocycles. The fraction of sp³-hybridized carbons (Fsp3) is 0.429. The number of urea groups is 1. The van der Waals surface area contributed by atoms with E-state index in [1.165, 1.54) is 0 Å². The van der Waals surface area contributed by atoms with E-state index in [0.717, 1.165) is 54.5 Å². The second-order valence-corrected chi connectivity index (χ2v) is 6.63. The van der Waals surface area contributed by atoms with E-state index < -0.39 is 0 Å². The number of aryl methyl sites for hydroxylation is 1. The second kappa shape index (κ2) is 8.86. The van der Waals surface area contributed by atoms with Gasteiger partial charge in [-0.2, -0.15) is 0 Å². The summed E-state index contributed by atoms with van der Waals surface area (Å²) < 4.78 is 5.43. The van der Waals surface area contributed by atoms with E-state index >= 15 is 0 Å². The predicted octanol–water partition coefficient (Wildman–Crippen LogP) is 3.77. The number of morpholine rings is 1. The maximum atomic E-state index is 12.4. The second-order valence-electron chi connectivity index (χ2n) is 6.63. The van der Waals surface area contributed by atoms with Gasteiger partial charge in [-0.15, -0.1) is 0 Å². The summed E-state index contributed by atoms with van der Waals surface area (Å²) in [6.45, 7) is 10.6. The number of carbonyl (C=O) groups is 1. The number of nitrogens with zero attached hydrogens (tertiary/aromatic N) is 3. The Labute approximate surface area is 161 Å². The summed E-state index contributed by atoms with van der Waals surface area (Å²) in [6, 6.07) is 10.1. The lowest BCUT2D eigenvalue weighted by Crippen LogP contribution is -2.36. The molecule has 0 bridgehead atoms. The average Bonchev–Trinajstić information content (AvgIpc) is 2.71. The molecular formula is C21H28N4O2. The van der Waals surface area contributed by atoms with Crippen LogP contribution in [-0.4, -0.2) is 55.3 Å². The first-order chi connectivity index (χ1) is 13.1. The molecule has 0 atom stereocenters. The zero-order valence-electron chi connectivity index (χ0n) is 16.4. The van der Waals surface area contributed by atoms with Crippen LogP contribution in [0, 0.1) is 6.92 Å². The van der Waals surface area contributed by atoms with Crippen LogP contribution >= 0.6 is 0 Å². The van der Waals surface area contributed by atoms with Crippen molar-refractivity contribution in [3.8, 4) is 11.1 Å². The van der Waals surface area contributed by atoms with Crippen LogP contribution in [-0.2, 0) is 4.74 Å². The number of amides is 2. The highest BCUT2D eigenvalue weighted by Crippen LogP contribution is 2.29. The van der Waals surface area contributed by atoms with Crippen molar-refractivity contribution in [1.82, 2.24) is 9.88 Å². The summed E-state index contributed by atoms with van der Waals surface area (Å²) in [5.41, 5.74) is 4.17. The molecular weight excluding hydrogens is 340 g/mol. The van der Waals surface area contributed by atoms with E-state index in [0.29, 0.717) is 13.1 Å². The van der Waals surface area contributed by atoms with Crippen LogP contribution < -0.4 is 10.2 Å². The van der Waals surface area contributed by atoms with Gasteiger partial charge in [-0.3, -0.25) is 0 Å². The third kappa shape index (κ3) is 4.57. The fourth-order valence-electron chi connectivity index (χ4n) is 3.28. The topological polar surface area (TPSA) is 57.7 Å². The molecule has 0 spiro atoms. The lowest BCUT2D eigenvalue weighted by Gasteiger charge is -2.28. The maximum absolute atomic E-state index is 12.4. The summed E-state index contributed by atoms with van der Waals surface area (Å²) in [7, 11) is 0. The summed E-state index contributed by atoms with van der Waals surface area (Å²) in [4.78, 5) is 20.9. The van der Waals surface area contributed by atoms with Gasteiger partial charge in [-0.25, -0.2) is 9.78 Å². The Morgan fingerprint density at radius 1 is 1.19 bits per heavy atom. The first-order valence-corrected chi connectivity index (χ1v) is 9.58. The molecule has 1 aliphatic rings. The van der Waals surface area contributed by atoms with E-state index in [-0.39, 0.29) is 6.03 Å². The fourth-order valence-corrected chi connectivity index (χ4v) is 3.28. The zero-order valence-corrected chi connectivity index (χ0v) is 16.4. The Morgan fingerprint density at radius 2 is 1.93 bits per heavy atom. The van der Waals surface area contributed by atoms with Gasteiger partial charge in [0.25, 0.3) is 0 Å². The molecule has 0 aliphatic carbocycles. The summed E-state index contributed by atoms with van der Waals surface area (Å²) in [5.74, 6) is 0.966. The minimum Gasteiger partial charge on any atom is -0.378 e. The van der Waals surface area contributed by atoms with E-state index in [4.69, 9.17) is 4.74 Å². The first-order valence-electron chi connectivity index (χ1n) is 9.58. The van der Waals surface area contributed by atoms with Crippen LogP contribution in [0.2, 0.25) is 0 Å². The van der Waals surface area contributed by atoms with E-state index in [9.17, 15) is 4.79 Å². The molecule has 3 rings (SSSR count). The molecule has 6 nitrogen and oxygen atoms in total. The third-order valence-corrected chi connectivity index (χ3v) is 4.93. The van der Waals surface area contributed by atoms with Crippen LogP contribution in [0.1, 0.15) is 19.4 Å². The van der Waals surface area contributed by atoms with Gasteiger partial charge in [0.05, 0.1) is 13.2 Å². The molecule has 1 N–H and O–H groups in total. The molecule has 2 heterocycles. The Bertz CT molecular complexity index is 784. The number of ether oxygens (including phenoxy) is 1. The largest absolute Gasteiger partial charge is 0.378 e. The molecule has 1 aromatic heterocycles. The maximum Gasteiger partial charge on any atom is 0.321 e. The molecule has 0 saturated carbocycles. The van der Waals surface area contributed by atoms with Crippen LogP contribution in [0.4, 0.5) is 16.3 Å². The molecule has 6 heteroatoms. The zero-order chi connectivity index (χ0) is 19.2. The molecule has 1 saturated heterocycles. The molecule has 0 unspecified atom stereocenters. The van der Waals surface area contributed by atoms with Gasteiger partial charge in [0.1, 0.15) is 5.82 Å². The van der Waals surface area contributed by atoms with Crippen LogP contribution in [0.15, 0.2) is 36.5 Å². The highest BCUT2D eigenvalue weighted by molar-refractivity contribution is 5.90. The molecule has 2 amide bonds. The minimum atomic E-state index is -0.0708. The van der Waals surface area contributed by atoms with Gasteiger partial charge in [0.2, 0.25) is 0 Å². The number of benzene rings is 1. The number of hydrogen-bond acceptors (Lipinski definition) is 4. The highest BCUT2D eigenvalue weighted by Gasteiger charge is 2.14. The molecule has 1 fully saturated rings. The smallest absolute Gasteiger partial charge is 0.321 e. The van der Waals surface area contributed by atoms with Crippen molar-refractivity contribution < 1.29 is 9.53 Å². The number of aromatic nitrogens is 1. The van der Waals surface area contributed by atoms with Crippen LogP contribution in [0.25, 0.3) is 11.1 Å². The summed E-state index contributed by atoms with van der Waals surface area (Å²) in [5, 5.41) is 3.00.